The second-order valence-corrected chi connectivity index (χ2v) is 6.62. The fraction of sp³-hybridized carbons (Fsp3) is 0.750. The zero-order valence-electron chi connectivity index (χ0n) is 5.04. The van der Waals surface area contributed by atoms with E-state index in [9.17, 15) is 0 Å². The van der Waals surface area contributed by atoms with Crippen LogP contribution >= 0.6 is 21.7 Å². The van der Waals surface area contributed by atoms with E-state index in [0.717, 1.165) is 9.52 Å². The summed E-state index contributed by atoms with van der Waals surface area (Å²) in [5, 5.41) is 1.05. The fourth-order valence-electron chi connectivity index (χ4n) is 0.281. The Hall–Kier alpha value is 1.83. The first kappa shape index (κ1) is 12.5. The molecule has 0 fully saturated rings. The van der Waals surface area contributed by atoms with Crippen molar-refractivity contribution in [2.75, 3.05) is 0 Å². The van der Waals surface area contributed by atoms with Crippen LogP contribution in [0.2, 0.25) is 5.28 Å². The largest absolute Gasteiger partial charge is 0.354 e. The zero-order valence-corrected chi connectivity index (χ0v) is 9.27. The van der Waals surface area contributed by atoms with Crippen LogP contribution in [-0.2, 0) is 21.7 Å². The van der Waals surface area contributed by atoms with Crippen LogP contribution in [0.4, 0.5) is 0 Å². The maximum Gasteiger partial charge on any atom is 0.221 e. The van der Waals surface area contributed by atoms with Gasteiger partial charge in [0.25, 0.3) is 0 Å². The van der Waals surface area contributed by atoms with E-state index < -0.39 is 13.2 Å². The molecule has 0 spiro atoms. The Morgan fingerprint density at radius 2 is 2.00 bits per heavy atom. The molecule has 0 saturated carbocycles. The summed E-state index contributed by atoms with van der Waals surface area (Å²) in [7, 11) is 5.77. The molecule has 0 bridgehead atoms. The molecule has 0 aliphatic rings. The average Bonchev–Trinajstić information content (AvgIpc) is 1.65. The summed E-state index contributed by atoms with van der Waals surface area (Å²) in [6, 6.07) is 0. The molecule has 0 saturated heterocycles. The Labute approximate surface area is 79.4 Å². The van der Waals surface area contributed by atoms with E-state index in [1.54, 1.807) is 0 Å². The number of hydrogen-bond acceptors (Lipinski definition) is 0. The normalized spacial score (nSPS) is 8.62. The Bertz CT molecular complexity index is 51.3. The van der Waals surface area contributed by atoms with Gasteiger partial charge >= 0.3 is 0 Å². The molecule has 0 rings (SSSR count). The van der Waals surface area contributed by atoms with Crippen molar-refractivity contribution in [1.82, 2.24) is 0 Å². The third-order valence-corrected chi connectivity index (χ3v) is 5.40. The molecule has 0 aromatic heterocycles. The SMILES string of the molecule is C[CH2][Al]([Cl])[C-](C)Cl.[Ti]. The first-order chi connectivity index (χ1) is 3.18. The van der Waals surface area contributed by atoms with Crippen molar-refractivity contribution in [3.63, 3.8) is 0 Å². The summed E-state index contributed by atoms with van der Waals surface area (Å²) in [6.07, 6.45) is 0. The smallest absolute Gasteiger partial charge is 0.221 e. The molecule has 0 heterocycles. The van der Waals surface area contributed by atoms with E-state index in [0.29, 0.717) is 0 Å². The van der Waals surface area contributed by atoms with Gasteiger partial charge in [-0.05, 0) is 0 Å². The molecule has 0 unspecified atom stereocenters. The molecule has 8 heavy (non-hydrogen) atoms. The summed E-state index contributed by atoms with van der Waals surface area (Å²) in [5.74, 6) is 0. The van der Waals surface area contributed by atoms with E-state index in [4.69, 9.17) is 21.7 Å². The van der Waals surface area contributed by atoms with Crippen molar-refractivity contribution in [2.24, 2.45) is 0 Å². The van der Waals surface area contributed by atoms with Gasteiger partial charge in [-0.1, -0.05) is 6.92 Å². The summed E-state index contributed by atoms with van der Waals surface area (Å²) in [6.45, 7) is 3.95. The first-order valence-electron chi connectivity index (χ1n) is 2.31. The van der Waals surface area contributed by atoms with Crippen LogP contribution in [-0.4, -0.2) is 13.2 Å². The number of hydrogen-bond donors (Lipinski definition) is 0. The van der Waals surface area contributed by atoms with E-state index in [1.807, 2.05) is 6.92 Å². The minimum atomic E-state index is -1.10. The van der Waals surface area contributed by atoms with Crippen LogP contribution in [0.25, 0.3) is 0 Å². The van der Waals surface area contributed by atoms with E-state index in [-0.39, 0.29) is 21.7 Å². The topological polar surface area (TPSA) is 0 Å². The summed E-state index contributed by atoms with van der Waals surface area (Å²) in [4.78, 5) is 0. The van der Waals surface area contributed by atoms with Gasteiger partial charge in [-0.3, -0.25) is 0 Å². The zero-order chi connectivity index (χ0) is 5.86. The third-order valence-electron chi connectivity index (χ3n) is 0.790. The Morgan fingerprint density at radius 1 is 1.62 bits per heavy atom. The number of rotatable bonds is 2. The van der Waals surface area contributed by atoms with Crippen LogP contribution in [0.3, 0.4) is 0 Å². The Balaban J connectivity index is 0. The molecule has 0 N–H and O–H groups in total. The Morgan fingerprint density at radius 3 is 2.00 bits per heavy atom. The molecule has 0 amide bonds. The summed E-state index contributed by atoms with van der Waals surface area (Å²) < 4.78 is 0.921. The predicted molar refractivity (Wildman–Crippen MR) is 36.9 cm³/mol. The van der Waals surface area contributed by atoms with Gasteiger partial charge in [-0.25, -0.2) is 4.24 Å². The van der Waals surface area contributed by atoms with Crippen molar-refractivity contribution in [3.05, 3.63) is 4.24 Å². The molecule has 0 aromatic rings. The van der Waals surface area contributed by atoms with Crippen LogP contribution < -0.4 is 0 Å². The summed E-state index contributed by atoms with van der Waals surface area (Å²) >= 11 is 4.47. The minimum absolute atomic E-state index is 0. The molecule has 0 aliphatic heterocycles. The predicted octanol–water partition coefficient (Wildman–Crippen LogP) is 2.56. The molecular weight excluding hydrogens is 194 g/mol. The monoisotopic (exact) mass is 201 g/mol. The Kier molecular flexibility index (Phi) is 10.8. The molecule has 0 aromatic carbocycles. The maximum atomic E-state index is 5.77. The molecule has 0 nitrogen and oxygen atoms in total. The molecule has 46 valence electrons. The van der Waals surface area contributed by atoms with Gasteiger partial charge in [-0.15, -0.1) is 5.28 Å². The van der Waals surface area contributed by atoms with Crippen LogP contribution in [0.1, 0.15) is 13.8 Å². The quantitative estimate of drug-likeness (QED) is 0.476. The van der Waals surface area contributed by atoms with Gasteiger partial charge in [0.1, 0.15) is 0 Å². The summed E-state index contributed by atoms with van der Waals surface area (Å²) in [5.41, 5.74) is 0. The second kappa shape index (κ2) is 6.94. The van der Waals surface area contributed by atoms with Crippen molar-refractivity contribution in [2.45, 2.75) is 19.1 Å². The van der Waals surface area contributed by atoms with E-state index in [2.05, 4.69) is 6.92 Å². The van der Waals surface area contributed by atoms with Gasteiger partial charge in [0, 0.05) is 21.7 Å². The van der Waals surface area contributed by atoms with Gasteiger partial charge in [0.15, 0.2) is 0 Å². The fourth-order valence-corrected chi connectivity index (χ4v) is 1.31. The molecule has 0 radical (unpaired) electrons. The molecular formula is C4H8AlCl2Ti-. The van der Waals surface area contributed by atoms with Gasteiger partial charge in [0.2, 0.25) is 13.2 Å². The minimum Gasteiger partial charge on any atom is -0.354 e. The van der Waals surface area contributed by atoms with E-state index in [1.165, 1.54) is 0 Å². The van der Waals surface area contributed by atoms with Crippen molar-refractivity contribution in [1.29, 1.82) is 0 Å². The third kappa shape index (κ3) is 5.95. The molecule has 0 atom stereocenters. The van der Waals surface area contributed by atoms with E-state index >= 15 is 0 Å². The average molecular weight is 202 g/mol. The van der Waals surface area contributed by atoms with Gasteiger partial charge in [0.05, 0.1) is 0 Å². The van der Waals surface area contributed by atoms with Gasteiger partial charge < -0.3 is 21.7 Å². The number of halogens is 2. The van der Waals surface area contributed by atoms with Crippen LogP contribution in [0, 0.1) is 4.24 Å². The van der Waals surface area contributed by atoms with Crippen molar-refractivity contribution in [3.8, 4) is 0 Å². The van der Waals surface area contributed by atoms with Crippen molar-refractivity contribution < 1.29 is 21.7 Å². The van der Waals surface area contributed by atoms with Crippen LogP contribution in [0.5, 0.6) is 0 Å². The standard InChI is InChI=1S/C2H3Cl.C2H5.Al.ClH.Ti/c1-2-3;1-2;;;/h1H3;1H2,2H3;;1H;/q-1;;+1;;/p-1. The molecule has 0 aliphatic carbocycles. The molecule has 4 heteroatoms. The maximum absolute atomic E-state index is 5.77. The first-order valence-corrected chi connectivity index (χ1v) is 5.83. The van der Waals surface area contributed by atoms with Gasteiger partial charge in [-0.2, -0.15) is 6.92 Å². The van der Waals surface area contributed by atoms with Crippen molar-refractivity contribution >= 4 is 34.9 Å². The van der Waals surface area contributed by atoms with Crippen LogP contribution in [0.15, 0.2) is 0 Å². The second-order valence-electron chi connectivity index (χ2n) is 1.46.